The van der Waals surface area contributed by atoms with Gasteiger partial charge in [-0.2, -0.15) is 0 Å². The molecule has 2 amide bonds. The summed E-state index contributed by atoms with van der Waals surface area (Å²) in [7, 11) is 3.50. The van der Waals surface area contributed by atoms with Crippen LogP contribution in [0.5, 0.6) is 0 Å². The van der Waals surface area contributed by atoms with Gasteiger partial charge >= 0.3 is 0 Å². The molecule has 0 aliphatic rings. The van der Waals surface area contributed by atoms with Gasteiger partial charge in [-0.25, -0.2) is 0 Å². The van der Waals surface area contributed by atoms with E-state index in [1.54, 1.807) is 31.3 Å². The van der Waals surface area contributed by atoms with Crippen molar-refractivity contribution in [2.24, 2.45) is 0 Å². The number of aryl methyl sites for hydroxylation is 1. The maximum absolute atomic E-state index is 12.1. The summed E-state index contributed by atoms with van der Waals surface area (Å²) >= 11 is 0. The van der Waals surface area contributed by atoms with Crippen molar-refractivity contribution in [1.82, 2.24) is 10.2 Å². The van der Waals surface area contributed by atoms with Crippen molar-refractivity contribution >= 4 is 17.5 Å². The summed E-state index contributed by atoms with van der Waals surface area (Å²) in [6.45, 7) is 3.08. The highest BCUT2D eigenvalue weighted by atomic mass is 16.2. The first-order valence-corrected chi connectivity index (χ1v) is 7.84. The lowest BCUT2D eigenvalue weighted by atomic mass is 10.1. The van der Waals surface area contributed by atoms with Crippen LogP contribution in [0.3, 0.4) is 0 Å². The molecule has 0 unspecified atom stereocenters. The third-order valence-corrected chi connectivity index (χ3v) is 3.77. The van der Waals surface area contributed by atoms with Crippen molar-refractivity contribution in [3.8, 4) is 0 Å². The van der Waals surface area contributed by atoms with Crippen LogP contribution >= 0.6 is 0 Å². The Balaban J connectivity index is 1.88. The lowest BCUT2D eigenvalue weighted by Gasteiger charge is -2.17. The van der Waals surface area contributed by atoms with Crippen molar-refractivity contribution in [3.63, 3.8) is 0 Å². The minimum atomic E-state index is -0.147. The van der Waals surface area contributed by atoms with E-state index in [0.717, 1.165) is 6.54 Å². The van der Waals surface area contributed by atoms with Gasteiger partial charge in [0, 0.05) is 24.8 Å². The summed E-state index contributed by atoms with van der Waals surface area (Å²) < 4.78 is 0. The zero-order chi connectivity index (χ0) is 17.5. The van der Waals surface area contributed by atoms with Crippen LogP contribution in [0.4, 0.5) is 5.69 Å². The largest absolute Gasteiger partial charge is 0.355 e. The van der Waals surface area contributed by atoms with Gasteiger partial charge in [0.1, 0.15) is 0 Å². The molecule has 0 bridgehead atoms. The quantitative estimate of drug-likeness (QED) is 0.857. The molecular formula is C19H23N3O2. The van der Waals surface area contributed by atoms with Crippen molar-refractivity contribution in [2.75, 3.05) is 26.0 Å². The lowest BCUT2D eigenvalue weighted by molar-refractivity contribution is -0.117. The van der Waals surface area contributed by atoms with Crippen LogP contribution in [0.15, 0.2) is 48.5 Å². The van der Waals surface area contributed by atoms with Gasteiger partial charge in [-0.3, -0.25) is 14.5 Å². The number of nitrogens with zero attached hydrogens (tertiary/aromatic N) is 1. The molecule has 0 aromatic heterocycles. The first-order chi connectivity index (χ1) is 11.5. The van der Waals surface area contributed by atoms with E-state index in [4.69, 9.17) is 0 Å². The molecular weight excluding hydrogens is 302 g/mol. The maximum atomic E-state index is 12.1. The number of rotatable bonds is 6. The Kier molecular flexibility index (Phi) is 6.09. The highest BCUT2D eigenvalue weighted by Gasteiger charge is 2.09. The van der Waals surface area contributed by atoms with E-state index in [2.05, 4.69) is 29.7 Å². The molecule has 2 aromatic rings. The highest BCUT2D eigenvalue weighted by molar-refractivity contribution is 5.96. The van der Waals surface area contributed by atoms with Gasteiger partial charge in [-0.15, -0.1) is 0 Å². The van der Waals surface area contributed by atoms with Crippen molar-refractivity contribution in [3.05, 3.63) is 65.2 Å². The van der Waals surface area contributed by atoms with Crippen LogP contribution in [0.2, 0.25) is 0 Å². The van der Waals surface area contributed by atoms with E-state index in [1.165, 1.54) is 11.1 Å². The molecule has 5 heteroatoms. The maximum Gasteiger partial charge on any atom is 0.251 e. The number of hydrogen-bond donors (Lipinski definition) is 2. The molecule has 0 saturated carbocycles. The summed E-state index contributed by atoms with van der Waals surface area (Å²) in [6.07, 6.45) is 0. The first-order valence-electron chi connectivity index (χ1n) is 7.84. The number of anilines is 1. The van der Waals surface area contributed by atoms with E-state index in [0.29, 0.717) is 17.8 Å². The van der Waals surface area contributed by atoms with Crippen LogP contribution in [0, 0.1) is 6.92 Å². The summed E-state index contributed by atoms with van der Waals surface area (Å²) in [5.41, 5.74) is 3.67. The number of likely N-dealkylation sites (N-methyl/N-ethyl adjacent to an activating group) is 1. The number of benzene rings is 2. The molecule has 0 aliphatic carbocycles. The molecule has 0 atom stereocenters. The SMILES string of the molecule is CNC(=O)c1ccc(NC(=O)CN(C)Cc2ccccc2C)cc1. The molecule has 0 heterocycles. The van der Waals surface area contributed by atoms with E-state index in [-0.39, 0.29) is 11.8 Å². The zero-order valence-electron chi connectivity index (χ0n) is 14.3. The van der Waals surface area contributed by atoms with Crippen LogP contribution in [-0.4, -0.2) is 37.4 Å². The Hall–Kier alpha value is -2.66. The Labute approximate surface area is 142 Å². The number of hydrogen-bond acceptors (Lipinski definition) is 3. The average Bonchev–Trinajstić information content (AvgIpc) is 2.56. The zero-order valence-corrected chi connectivity index (χ0v) is 14.3. The highest BCUT2D eigenvalue weighted by Crippen LogP contribution is 2.11. The molecule has 0 saturated heterocycles. The third-order valence-electron chi connectivity index (χ3n) is 3.77. The van der Waals surface area contributed by atoms with E-state index < -0.39 is 0 Å². The minimum absolute atomic E-state index is 0.0845. The van der Waals surface area contributed by atoms with Gasteiger partial charge < -0.3 is 10.6 Å². The Bertz CT molecular complexity index is 711. The fourth-order valence-electron chi connectivity index (χ4n) is 2.43. The van der Waals surface area contributed by atoms with Gasteiger partial charge in [0.2, 0.25) is 5.91 Å². The predicted molar refractivity (Wildman–Crippen MR) is 96.0 cm³/mol. The summed E-state index contributed by atoms with van der Waals surface area (Å²) in [5.74, 6) is -0.232. The molecule has 2 rings (SSSR count). The third kappa shape index (κ3) is 4.93. The van der Waals surface area contributed by atoms with Crippen LogP contribution in [-0.2, 0) is 11.3 Å². The van der Waals surface area contributed by atoms with Crippen LogP contribution in [0.25, 0.3) is 0 Å². The second-order valence-electron chi connectivity index (χ2n) is 5.80. The summed E-state index contributed by atoms with van der Waals surface area (Å²) in [5, 5.41) is 5.41. The second-order valence-corrected chi connectivity index (χ2v) is 5.80. The van der Waals surface area contributed by atoms with Gasteiger partial charge in [0.15, 0.2) is 0 Å². The van der Waals surface area contributed by atoms with Crippen LogP contribution < -0.4 is 10.6 Å². The fourth-order valence-corrected chi connectivity index (χ4v) is 2.43. The number of carbonyl (C=O) groups is 2. The van der Waals surface area contributed by atoms with E-state index in [9.17, 15) is 9.59 Å². The van der Waals surface area contributed by atoms with Crippen molar-refractivity contribution < 1.29 is 9.59 Å². The minimum Gasteiger partial charge on any atom is -0.355 e. The molecule has 0 aliphatic heterocycles. The second kappa shape index (κ2) is 8.26. The van der Waals surface area contributed by atoms with Gasteiger partial charge in [0.25, 0.3) is 5.91 Å². The average molecular weight is 325 g/mol. The Morgan fingerprint density at radius 1 is 1.04 bits per heavy atom. The molecule has 2 N–H and O–H groups in total. The van der Waals surface area contributed by atoms with Crippen LogP contribution in [0.1, 0.15) is 21.5 Å². The molecule has 126 valence electrons. The van der Waals surface area contributed by atoms with Gasteiger partial charge in [-0.05, 0) is 49.4 Å². The van der Waals surface area contributed by atoms with Crippen molar-refractivity contribution in [1.29, 1.82) is 0 Å². The summed E-state index contributed by atoms with van der Waals surface area (Å²) in [6, 6.07) is 15.0. The lowest BCUT2D eigenvalue weighted by Crippen LogP contribution is -2.30. The molecule has 24 heavy (non-hydrogen) atoms. The van der Waals surface area contributed by atoms with E-state index >= 15 is 0 Å². The Morgan fingerprint density at radius 2 is 1.71 bits per heavy atom. The van der Waals surface area contributed by atoms with Crippen molar-refractivity contribution in [2.45, 2.75) is 13.5 Å². The number of amides is 2. The predicted octanol–water partition coefficient (Wildman–Crippen LogP) is 2.43. The monoisotopic (exact) mass is 325 g/mol. The first kappa shape index (κ1) is 17.7. The topological polar surface area (TPSA) is 61.4 Å². The fraction of sp³-hybridized carbons (Fsp3) is 0.263. The van der Waals surface area contributed by atoms with E-state index in [1.807, 2.05) is 24.1 Å². The number of nitrogens with one attached hydrogen (secondary N) is 2. The molecule has 2 aromatic carbocycles. The molecule has 0 spiro atoms. The molecule has 0 radical (unpaired) electrons. The normalized spacial score (nSPS) is 10.5. The molecule has 5 nitrogen and oxygen atoms in total. The molecule has 0 fully saturated rings. The standard InChI is InChI=1S/C19H23N3O2/c1-14-6-4-5-7-16(14)12-22(3)13-18(23)21-17-10-8-15(9-11-17)19(24)20-2/h4-11H,12-13H2,1-3H3,(H,20,24)(H,21,23). The summed E-state index contributed by atoms with van der Waals surface area (Å²) in [4.78, 5) is 25.6. The smallest absolute Gasteiger partial charge is 0.251 e. The number of carbonyl (C=O) groups excluding carboxylic acids is 2. The van der Waals surface area contributed by atoms with Gasteiger partial charge in [-0.1, -0.05) is 24.3 Å². The Morgan fingerprint density at radius 3 is 2.33 bits per heavy atom. The van der Waals surface area contributed by atoms with Gasteiger partial charge in [0.05, 0.1) is 6.54 Å².